The summed E-state index contributed by atoms with van der Waals surface area (Å²) in [7, 11) is 0. The minimum atomic E-state index is -0.567. The number of hydrogen-bond acceptors (Lipinski definition) is 5. The van der Waals surface area contributed by atoms with E-state index >= 15 is 0 Å². The molecule has 27 heavy (non-hydrogen) atoms. The average Bonchev–Trinajstić information content (AvgIpc) is 3.05. The Labute approximate surface area is 161 Å². The summed E-state index contributed by atoms with van der Waals surface area (Å²) in [4.78, 5) is 29.0. The predicted octanol–water partition coefficient (Wildman–Crippen LogP) is 3.47. The van der Waals surface area contributed by atoms with E-state index in [0.29, 0.717) is 5.82 Å². The molecule has 0 saturated heterocycles. The molecule has 1 aromatic carbocycles. The second kappa shape index (κ2) is 8.18. The smallest absolute Gasteiger partial charge is 0.343 e. The molecule has 0 aliphatic heterocycles. The third kappa shape index (κ3) is 3.93. The van der Waals surface area contributed by atoms with Gasteiger partial charge in [-0.15, -0.1) is 11.6 Å². The lowest BCUT2D eigenvalue weighted by molar-refractivity contribution is -0.115. The predicted molar refractivity (Wildman–Crippen MR) is 104 cm³/mol. The third-order valence-electron chi connectivity index (χ3n) is 3.97. The van der Waals surface area contributed by atoms with Crippen molar-refractivity contribution < 1.29 is 14.3 Å². The summed E-state index contributed by atoms with van der Waals surface area (Å²) < 4.78 is 6.49. The lowest BCUT2D eigenvalue weighted by Gasteiger charge is -2.12. The number of hydrogen-bond donors (Lipinski definition) is 1. The van der Waals surface area contributed by atoms with E-state index in [-0.39, 0.29) is 36.2 Å². The molecule has 140 valence electrons. The maximum absolute atomic E-state index is 12.3. The summed E-state index contributed by atoms with van der Waals surface area (Å²) in [6, 6.07) is 9.57. The summed E-state index contributed by atoms with van der Waals surface area (Å²) in [6.45, 7) is 3.89. The molecule has 0 saturated carbocycles. The van der Waals surface area contributed by atoms with Crippen LogP contribution in [0.4, 0.5) is 5.82 Å². The van der Waals surface area contributed by atoms with Gasteiger partial charge in [-0.3, -0.25) is 4.79 Å². The van der Waals surface area contributed by atoms with E-state index in [1.807, 2.05) is 37.3 Å². The van der Waals surface area contributed by atoms with Crippen LogP contribution in [-0.4, -0.2) is 39.1 Å². The van der Waals surface area contributed by atoms with Gasteiger partial charge in [0.15, 0.2) is 11.6 Å². The number of rotatable bonds is 6. The minimum absolute atomic E-state index is 0.110. The molecule has 0 bridgehead atoms. The number of benzene rings is 1. The first-order valence-electron chi connectivity index (χ1n) is 8.52. The van der Waals surface area contributed by atoms with Crippen molar-refractivity contribution in [2.24, 2.45) is 0 Å². The first-order chi connectivity index (χ1) is 13.0. The standard InChI is InChI=1S/C19H19ClN4O3/c1-3-27-19(26)14-11-21-24(18(14)23-17(25)8-9-20)16-10-12(2)13-6-4-5-7-15(13)22-16/h4-7,10-11H,3,8-9H2,1-2H3,(H,23,25). The van der Waals surface area contributed by atoms with Crippen molar-refractivity contribution in [3.8, 4) is 5.82 Å². The van der Waals surface area contributed by atoms with E-state index in [0.717, 1.165) is 16.5 Å². The highest BCUT2D eigenvalue weighted by Gasteiger charge is 2.22. The Kier molecular flexibility index (Phi) is 5.71. The van der Waals surface area contributed by atoms with Gasteiger partial charge in [-0.25, -0.2) is 9.78 Å². The fourth-order valence-electron chi connectivity index (χ4n) is 2.72. The molecule has 2 heterocycles. The number of carbonyl (C=O) groups excluding carboxylic acids is 2. The van der Waals surface area contributed by atoms with Crippen molar-refractivity contribution in [2.75, 3.05) is 17.8 Å². The molecule has 2 aromatic heterocycles. The number of para-hydroxylation sites is 1. The highest BCUT2D eigenvalue weighted by molar-refractivity contribution is 6.19. The maximum Gasteiger partial charge on any atom is 0.343 e. The molecule has 1 amide bonds. The second-order valence-corrected chi connectivity index (χ2v) is 6.22. The number of amides is 1. The van der Waals surface area contributed by atoms with Crippen LogP contribution in [0.15, 0.2) is 36.5 Å². The zero-order chi connectivity index (χ0) is 19.4. The van der Waals surface area contributed by atoms with Crippen LogP contribution in [0.2, 0.25) is 0 Å². The van der Waals surface area contributed by atoms with Gasteiger partial charge in [0.2, 0.25) is 5.91 Å². The number of carbonyl (C=O) groups is 2. The van der Waals surface area contributed by atoms with E-state index in [9.17, 15) is 9.59 Å². The molecular formula is C19H19ClN4O3. The Bertz CT molecular complexity index is 1000. The molecule has 0 aliphatic carbocycles. The normalized spacial score (nSPS) is 10.8. The van der Waals surface area contributed by atoms with E-state index in [1.54, 1.807) is 6.92 Å². The number of nitrogens with one attached hydrogen (secondary N) is 1. The summed E-state index contributed by atoms with van der Waals surface area (Å²) >= 11 is 5.64. The number of aryl methyl sites for hydroxylation is 1. The SMILES string of the molecule is CCOC(=O)c1cnn(-c2cc(C)c3ccccc3n2)c1NC(=O)CCCl. The number of anilines is 1. The number of aromatic nitrogens is 3. The van der Waals surface area contributed by atoms with Gasteiger partial charge >= 0.3 is 5.97 Å². The van der Waals surface area contributed by atoms with E-state index < -0.39 is 5.97 Å². The molecule has 3 aromatic rings. The Morgan fingerprint density at radius 2 is 2.07 bits per heavy atom. The topological polar surface area (TPSA) is 86.1 Å². The van der Waals surface area contributed by atoms with Gasteiger partial charge in [-0.1, -0.05) is 18.2 Å². The Morgan fingerprint density at radius 1 is 1.30 bits per heavy atom. The van der Waals surface area contributed by atoms with Crippen LogP contribution in [-0.2, 0) is 9.53 Å². The molecule has 1 N–H and O–H groups in total. The molecule has 8 heteroatoms. The van der Waals surface area contributed by atoms with Crippen LogP contribution in [0.3, 0.4) is 0 Å². The van der Waals surface area contributed by atoms with Crippen LogP contribution < -0.4 is 5.32 Å². The lowest BCUT2D eigenvalue weighted by Crippen LogP contribution is -2.18. The summed E-state index contributed by atoms with van der Waals surface area (Å²) in [5, 5.41) is 7.98. The van der Waals surface area contributed by atoms with E-state index in [4.69, 9.17) is 16.3 Å². The van der Waals surface area contributed by atoms with Crippen molar-refractivity contribution in [3.63, 3.8) is 0 Å². The van der Waals surface area contributed by atoms with Crippen LogP contribution in [0, 0.1) is 6.92 Å². The Hall–Kier alpha value is -2.93. The third-order valence-corrected chi connectivity index (χ3v) is 4.16. The summed E-state index contributed by atoms with van der Waals surface area (Å²) in [5.41, 5.74) is 1.95. The van der Waals surface area contributed by atoms with E-state index in [1.165, 1.54) is 10.9 Å². The number of fused-ring (bicyclic) bond motifs is 1. The van der Waals surface area contributed by atoms with Crippen LogP contribution in [0.5, 0.6) is 0 Å². The van der Waals surface area contributed by atoms with Gasteiger partial charge < -0.3 is 10.1 Å². The number of pyridine rings is 1. The quantitative estimate of drug-likeness (QED) is 0.517. The maximum atomic E-state index is 12.3. The zero-order valence-corrected chi connectivity index (χ0v) is 15.8. The first kappa shape index (κ1) is 18.8. The van der Waals surface area contributed by atoms with E-state index in [2.05, 4.69) is 15.4 Å². The van der Waals surface area contributed by atoms with Crippen LogP contribution >= 0.6 is 11.6 Å². The lowest BCUT2D eigenvalue weighted by atomic mass is 10.1. The molecule has 0 aliphatic rings. The molecule has 0 unspecified atom stereocenters. The molecule has 0 radical (unpaired) electrons. The molecular weight excluding hydrogens is 368 g/mol. The highest BCUT2D eigenvalue weighted by Crippen LogP contribution is 2.24. The molecule has 0 fully saturated rings. The van der Waals surface area contributed by atoms with Gasteiger partial charge in [0.1, 0.15) is 5.56 Å². The monoisotopic (exact) mass is 386 g/mol. The Balaban J connectivity index is 2.11. The second-order valence-electron chi connectivity index (χ2n) is 5.84. The van der Waals surface area contributed by atoms with Crippen molar-refractivity contribution in [2.45, 2.75) is 20.3 Å². The minimum Gasteiger partial charge on any atom is -0.462 e. The molecule has 3 rings (SSSR count). The fraction of sp³-hybridized carbons (Fsp3) is 0.263. The highest BCUT2D eigenvalue weighted by atomic mass is 35.5. The van der Waals surface area contributed by atoms with Crippen molar-refractivity contribution in [1.82, 2.24) is 14.8 Å². The Morgan fingerprint density at radius 3 is 2.81 bits per heavy atom. The summed E-state index contributed by atoms with van der Waals surface area (Å²) in [5.74, 6) is -0.0203. The van der Waals surface area contributed by atoms with Gasteiger partial charge in [0.05, 0.1) is 18.3 Å². The zero-order valence-electron chi connectivity index (χ0n) is 15.0. The van der Waals surface area contributed by atoms with Crippen LogP contribution in [0.1, 0.15) is 29.3 Å². The van der Waals surface area contributed by atoms with Gasteiger partial charge in [0, 0.05) is 17.7 Å². The van der Waals surface area contributed by atoms with Crippen molar-refractivity contribution in [1.29, 1.82) is 0 Å². The van der Waals surface area contributed by atoms with Gasteiger partial charge in [0.25, 0.3) is 0 Å². The number of halogens is 1. The average molecular weight is 387 g/mol. The summed E-state index contributed by atoms with van der Waals surface area (Å²) in [6.07, 6.45) is 1.47. The van der Waals surface area contributed by atoms with Gasteiger partial charge in [-0.05, 0) is 31.5 Å². The number of esters is 1. The molecule has 0 spiro atoms. The molecule has 0 atom stereocenters. The van der Waals surface area contributed by atoms with Crippen LogP contribution in [0.25, 0.3) is 16.7 Å². The first-order valence-corrected chi connectivity index (χ1v) is 9.06. The van der Waals surface area contributed by atoms with Crippen molar-refractivity contribution >= 4 is 40.2 Å². The number of ether oxygens (including phenoxy) is 1. The van der Waals surface area contributed by atoms with Crippen molar-refractivity contribution in [3.05, 3.63) is 47.7 Å². The fourth-order valence-corrected chi connectivity index (χ4v) is 2.89. The number of nitrogens with zero attached hydrogens (tertiary/aromatic N) is 3. The molecule has 7 nitrogen and oxygen atoms in total. The van der Waals surface area contributed by atoms with Gasteiger partial charge in [-0.2, -0.15) is 9.78 Å². The number of alkyl halides is 1. The largest absolute Gasteiger partial charge is 0.462 e.